The zero-order valence-corrected chi connectivity index (χ0v) is 18.7. The molecule has 0 atom stereocenters. The minimum absolute atomic E-state index is 0.319. The van der Waals surface area contributed by atoms with Gasteiger partial charge < -0.3 is 14.4 Å². The van der Waals surface area contributed by atoms with E-state index in [1.165, 1.54) is 0 Å². The number of fused-ring (bicyclic) bond motifs is 1. The molecule has 2 heterocycles. The number of ether oxygens (including phenoxy) is 1. The third kappa shape index (κ3) is 4.77. The first-order valence-electron chi connectivity index (χ1n) is 10.1. The fraction of sp³-hybridized carbons (Fsp3) is 0.208. The molecule has 4 aromatic rings. The summed E-state index contributed by atoms with van der Waals surface area (Å²) in [6.45, 7) is 2.84. The predicted molar refractivity (Wildman–Crippen MR) is 123 cm³/mol. The average Bonchev–Trinajstić information content (AvgIpc) is 3.09. The molecule has 2 aromatic carbocycles. The zero-order valence-electron chi connectivity index (χ0n) is 17.1. The van der Waals surface area contributed by atoms with Gasteiger partial charge in [0.15, 0.2) is 5.65 Å². The summed E-state index contributed by atoms with van der Waals surface area (Å²) >= 11 is 3.48. The molecule has 0 aliphatic rings. The van der Waals surface area contributed by atoms with E-state index in [-0.39, 0.29) is 0 Å². The van der Waals surface area contributed by atoms with Crippen LogP contribution in [0.3, 0.4) is 0 Å². The lowest BCUT2D eigenvalue weighted by atomic mass is 10.0. The Morgan fingerprint density at radius 2 is 1.94 bits per heavy atom. The molecular formula is C24H22BrN3O3. The third-order valence-electron chi connectivity index (χ3n) is 5.07. The lowest BCUT2D eigenvalue weighted by molar-refractivity contribution is 0.144. The highest BCUT2D eigenvalue weighted by molar-refractivity contribution is 9.10. The van der Waals surface area contributed by atoms with Gasteiger partial charge in [0, 0.05) is 22.7 Å². The minimum atomic E-state index is -1.32. The van der Waals surface area contributed by atoms with E-state index in [1.54, 1.807) is 18.3 Å². The average molecular weight is 480 g/mol. The van der Waals surface area contributed by atoms with Gasteiger partial charge >= 0.3 is 6.16 Å². The Balaban J connectivity index is 1.64. The van der Waals surface area contributed by atoms with Gasteiger partial charge in [0.05, 0.1) is 6.54 Å². The molecule has 7 heteroatoms. The second-order valence-corrected chi connectivity index (χ2v) is 8.19. The van der Waals surface area contributed by atoms with Gasteiger partial charge in [-0.1, -0.05) is 55.8 Å². The smallest absolute Gasteiger partial charge is 0.449 e. The SMILES string of the molecule is CCCCc1nc2cc(Br)cnc2n1Cc1ccc(-c2ccccc2OC(=O)O)cc1. The van der Waals surface area contributed by atoms with Crippen molar-refractivity contribution in [2.45, 2.75) is 32.7 Å². The predicted octanol–water partition coefficient (Wildman–Crippen LogP) is 6.31. The number of imidazole rings is 1. The number of aromatic nitrogens is 3. The molecule has 0 fully saturated rings. The Morgan fingerprint density at radius 3 is 2.68 bits per heavy atom. The van der Waals surface area contributed by atoms with Crippen LogP contribution in [0.4, 0.5) is 4.79 Å². The number of benzene rings is 2. The van der Waals surface area contributed by atoms with Crippen LogP contribution in [0, 0.1) is 0 Å². The van der Waals surface area contributed by atoms with Gasteiger partial charge in [-0.25, -0.2) is 14.8 Å². The standard InChI is InChI=1S/C24H22BrN3O3/c1-2-3-8-22-27-20-13-18(25)14-26-23(20)28(22)15-16-9-11-17(12-10-16)19-6-4-5-7-21(19)31-24(29)30/h4-7,9-14H,2-3,8,15H2,1H3,(H,29,30). The number of unbranched alkanes of at least 4 members (excludes halogenated alkanes) is 1. The number of nitrogens with zero attached hydrogens (tertiary/aromatic N) is 3. The zero-order chi connectivity index (χ0) is 21.8. The van der Waals surface area contributed by atoms with E-state index in [0.717, 1.165) is 57.4 Å². The van der Waals surface area contributed by atoms with E-state index in [0.29, 0.717) is 12.3 Å². The quantitative estimate of drug-likeness (QED) is 0.248. The molecular weight excluding hydrogens is 458 g/mol. The normalized spacial score (nSPS) is 11.0. The Hall–Kier alpha value is -3.19. The number of pyridine rings is 1. The van der Waals surface area contributed by atoms with Crippen molar-refractivity contribution >= 4 is 33.2 Å². The van der Waals surface area contributed by atoms with Crippen LogP contribution in [0.5, 0.6) is 5.75 Å². The molecule has 0 aliphatic carbocycles. The van der Waals surface area contributed by atoms with Crippen molar-refractivity contribution in [3.8, 4) is 16.9 Å². The second-order valence-electron chi connectivity index (χ2n) is 7.28. The lowest BCUT2D eigenvalue weighted by Crippen LogP contribution is -2.06. The number of halogens is 1. The Morgan fingerprint density at radius 1 is 1.16 bits per heavy atom. The van der Waals surface area contributed by atoms with Crippen LogP contribution in [0.1, 0.15) is 31.2 Å². The number of hydrogen-bond donors (Lipinski definition) is 1. The van der Waals surface area contributed by atoms with E-state index in [9.17, 15) is 4.79 Å². The summed E-state index contributed by atoms with van der Waals surface area (Å²) in [6.07, 6.45) is 3.56. The van der Waals surface area contributed by atoms with Gasteiger partial charge in [-0.15, -0.1) is 0 Å². The number of aryl methyl sites for hydroxylation is 1. The monoisotopic (exact) mass is 479 g/mol. The minimum Gasteiger partial charge on any atom is -0.449 e. The van der Waals surface area contributed by atoms with Crippen molar-refractivity contribution < 1.29 is 14.6 Å². The second kappa shape index (κ2) is 9.31. The van der Waals surface area contributed by atoms with Crippen LogP contribution >= 0.6 is 15.9 Å². The maximum Gasteiger partial charge on any atom is 0.511 e. The van der Waals surface area contributed by atoms with Gasteiger partial charge in [-0.2, -0.15) is 0 Å². The Bertz CT molecular complexity index is 1220. The molecule has 0 aliphatic heterocycles. The number of carbonyl (C=O) groups is 1. The number of rotatable bonds is 7. The maximum atomic E-state index is 11.0. The van der Waals surface area contributed by atoms with Crippen molar-refractivity contribution in [1.82, 2.24) is 14.5 Å². The van der Waals surface area contributed by atoms with Crippen molar-refractivity contribution in [3.05, 3.63) is 76.7 Å². The highest BCUT2D eigenvalue weighted by Gasteiger charge is 2.14. The highest BCUT2D eigenvalue weighted by Crippen LogP contribution is 2.30. The summed E-state index contributed by atoms with van der Waals surface area (Å²) in [5, 5.41) is 8.98. The molecule has 31 heavy (non-hydrogen) atoms. The van der Waals surface area contributed by atoms with E-state index >= 15 is 0 Å². The molecule has 0 spiro atoms. The van der Waals surface area contributed by atoms with E-state index in [1.807, 2.05) is 42.5 Å². The van der Waals surface area contributed by atoms with Gasteiger partial charge in [0.2, 0.25) is 0 Å². The van der Waals surface area contributed by atoms with Crippen molar-refractivity contribution in [3.63, 3.8) is 0 Å². The maximum absolute atomic E-state index is 11.0. The molecule has 0 saturated carbocycles. The number of hydrogen-bond acceptors (Lipinski definition) is 4. The number of carboxylic acid groups (broad SMARTS) is 1. The summed E-state index contributed by atoms with van der Waals surface area (Å²) in [5.74, 6) is 1.35. The molecule has 0 bridgehead atoms. The van der Waals surface area contributed by atoms with Crippen LogP contribution in [0.2, 0.25) is 0 Å². The molecule has 0 saturated heterocycles. The summed E-state index contributed by atoms with van der Waals surface area (Å²) in [5.41, 5.74) is 4.50. The van der Waals surface area contributed by atoms with Crippen molar-refractivity contribution in [2.24, 2.45) is 0 Å². The highest BCUT2D eigenvalue weighted by atomic mass is 79.9. The Kier molecular flexibility index (Phi) is 6.32. The van der Waals surface area contributed by atoms with E-state index in [4.69, 9.17) is 14.8 Å². The van der Waals surface area contributed by atoms with Gasteiger partial charge in [0.25, 0.3) is 0 Å². The van der Waals surface area contributed by atoms with Gasteiger partial charge in [-0.3, -0.25) is 0 Å². The van der Waals surface area contributed by atoms with E-state index in [2.05, 4.69) is 32.4 Å². The van der Waals surface area contributed by atoms with Crippen LogP contribution in [-0.2, 0) is 13.0 Å². The molecule has 4 rings (SSSR count). The topological polar surface area (TPSA) is 77.2 Å². The van der Waals surface area contributed by atoms with Gasteiger partial charge in [0.1, 0.15) is 17.1 Å². The van der Waals surface area contributed by atoms with Crippen LogP contribution < -0.4 is 4.74 Å². The molecule has 0 unspecified atom stereocenters. The fourth-order valence-corrected chi connectivity index (χ4v) is 3.90. The fourth-order valence-electron chi connectivity index (χ4n) is 3.59. The van der Waals surface area contributed by atoms with Crippen LogP contribution in [0.15, 0.2) is 65.3 Å². The summed E-state index contributed by atoms with van der Waals surface area (Å²) in [4.78, 5) is 20.4. The first-order valence-corrected chi connectivity index (χ1v) is 10.9. The first kappa shape index (κ1) is 21.1. The molecule has 6 nitrogen and oxygen atoms in total. The summed E-state index contributed by atoms with van der Waals surface area (Å²) in [7, 11) is 0. The largest absolute Gasteiger partial charge is 0.511 e. The molecule has 2 aromatic heterocycles. The summed E-state index contributed by atoms with van der Waals surface area (Å²) in [6, 6.07) is 17.2. The molecule has 158 valence electrons. The van der Waals surface area contributed by atoms with Crippen molar-refractivity contribution in [2.75, 3.05) is 0 Å². The van der Waals surface area contributed by atoms with Crippen LogP contribution in [-0.4, -0.2) is 25.8 Å². The molecule has 0 amide bonds. The summed E-state index contributed by atoms with van der Waals surface area (Å²) < 4.78 is 8.01. The third-order valence-corrected chi connectivity index (χ3v) is 5.51. The first-order chi connectivity index (χ1) is 15.0. The Labute approximate surface area is 188 Å². The number of para-hydroxylation sites is 1. The van der Waals surface area contributed by atoms with E-state index < -0.39 is 6.16 Å². The molecule has 1 N–H and O–H groups in total. The lowest BCUT2D eigenvalue weighted by Gasteiger charge is -2.11. The molecule has 0 radical (unpaired) electrons. The van der Waals surface area contributed by atoms with Crippen molar-refractivity contribution in [1.29, 1.82) is 0 Å². The van der Waals surface area contributed by atoms with Gasteiger partial charge in [-0.05, 0) is 45.6 Å². The van der Waals surface area contributed by atoms with Crippen LogP contribution in [0.25, 0.3) is 22.3 Å².